The molecular formula is C14H15BrN2O2. The SMILES string of the molecule is Cc1ccc(CN(C)C(=O)c2cccc(N)c2Br)o1. The number of amides is 1. The first-order valence-electron chi connectivity index (χ1n) is 5.84. The highest BCUT2D eigenvalue weighted by Gasteiger charge is 2.17. The molecule has 1 aromatic carbocycles. The molecule has 0 spiro atoms. The highest BCUT2D eigenvalue weighted by atomic mass is 79.9. The van der Waals surface area contributed by atoms with Crippen molar-refractivity contribution in [3.05, 3.63) is 51.9 Å². The van der Waals surface area contributed by atoms with Crippen LogP contribution >= 0.6 is 15.9 Å². The number of nitrogens with zero attached hydrogens (tertiary/aromatic N) is 1. The van der Waals surface area contributed by atoms with Crippen molar-refractivity contribution < 1.29 is 9.21 Å². The molecule has 0 saturated carbocycles. The van der Waals surface area contributed by atoms with E-state index in [1.54, 1.807) is 30.1 Å². The quantitative estimate of drug-likeness (QED) is 0.883. The van der Waals surface area contributed by atoms with E-state index >= 15 is 0 Å². The number of nitrogens with two attached hydrogens (primary N) is 1. The first-order chi connectivity index (χ1) is 8.99. The van der Waals surface area contributed by atoms with Gasteiger partial charge >= 0.3 is 0 Å². The molecular weight excluding hydrogens is 308 g/mol. The second kappa shape index (κ2) is 5.48. The number of hydrogen-bond donors (Lipinski definition) is 1. The fourth-order valence-electron chi connectivity index (χ4n) is 1.80. The van der Waals surface area contributed by atoms with Crippen LogP contribution in [0.5, 0.6) is 0 Å². The molecule has 0 radical (unpaired) electrons. The first kappa shape index (κ1) is 13.7. The lowest BCUT2D eigenvalue weighted by Gasteiger charge is -2.17. The molecule has 19 heavy (non-hydrogen) atoms. The standard InChI is InChI=1S/C14H15BrN2O2/c1-9-6-7-10(19-9)8-17(2)14(18)11-4-3-5-12(16)13(11)15/h3-7H,8,16H2,1-2H3. The summed E-state index contributed by atoms with van der Waals surface area (Å²) in [4.78, 5) is 13.9. The predicted octanol–water partition coefficient (Wildman–Crippen LogP) is 3.20. The van der Waals surface area contributed by atoms with E-state index in [0.29, 0.717) is 22.3 Å². The number of nitrogen functional groups attached to an aromatic ring is 1. The zero-order valence-electron chi connectivity index (χ0n) is 10.8. The lowest BCUT2D eigenvalue weighted by Crippen LogP contribution is -2.26. The highest BCUT2D eigenvalue weighted by molar-refractivity contribution is 9.10. The van der Waals surface area contributed by atoms with E-state index in [9.17, 15) is 4.79 Å². The molecule has 2 aromatic rings. The summed E-state index contributed by atoms with van der Waals surface area (Å²) in [6, 6.07) is 9.00. The van der Waals surface area contributed by atoms with Crippen LogP contribution in [0.25, 0.3) is 0 Å². The molecule has 0 fully saturated rings. The molecule has 0 atom stereocenters. The van der Waals surface area contributed by atoms with Crippen molar-refractivity contribution in [3.63, 3.8) is 0 Å². The normalized spacial score (nSPS) is 10.5. The summed E-state index contributed by atoms with van der Waals surface area (Å²) >= 11 is 3.34. The van der Waals surface area contributed by atoms with Gasteiger partial charge < -0.3 is 15.1 Å². The Morgan fingerprint density at radius 1 is 1.37 bits per heavy atom. The Balaban J connectivity index is 2.17. The molecule has 0 aliphatic carbocycles. The number of hydrogen-bond acceptors (Lipinski definition) is 3. The maximum Gasteiger partial charge on any atom is 0.255 e. The highest BCUT2D eigenvalue weighted by Crippen LogP contribution is 2.25. The van der Waals surface area contributed by atoms with Crippen molar-refractivity contribution in [3.8, 4) is 0 Å². The van der Waals surface area contributed by atoms with Crippen LogP contribution in [-0.2, 0) is 6.54 Å². The number of benzene rings is 1. The molecule has 1 aromatic heterocycles. The van der Waals surface area contributed by atoms with Crippen LogP contribution < -0.4 is 5.73 Å². The molecule has 0 aliphatic heterocycles. The van der Waals surface area contributed by atoms with Crippen LogP contribution in [0.4, 0.5) is 5.69 Å². The van der Waals surface area contributed by atoms with Crippen molar-refractivity contribution in [2.45, 2.75) is 13.5 Å². The summed E-state index contributed by atoms with van der Waals surface area (Å²) < 4.78 is 6.09. The Morgan fingerprint density at radius 2 is 2.11 bits per heavy atom. The first-order valence-corrected chi connectivity index (χ1v) is 6.63. The van der Waals surface area contributed by atoms with Crippen molar-refractivity contribution in [1.82, 2.24) is 4.90 Å². The summed E-state index contributed by atoms with van der Waals surface area (Å²) in [6.45, 7) is 2.30. The minimum atomic E-state index is -0.103. The smallest absolute Gasteiger partial charge is 0.255 e. The summed E-state index contributed by atoms with van der Waals surface area (Å²) in [5, 5.41) is 0. The average Bonchev–Trinajstić information content (AvgIpc) is 2.77. The second-order valence-electron chi connectivity index (χ2n) is 4.38. The van der Waals surface area contributed by atoms with Gasteiger partial charge in [-0.15, -0.1) is 0 Å². The molecule has 2 N–H and O–H groups in total. The van der Waals surface area contributed by atoms with Crippen LogP contribution in [0.15, 0.2) is 39.2 Å². The minimum absolute atomic E-state index is 0.103. The van der Waals surface area contributed by atoms with Gasteiger partial charge in [0, 0.05) is 12.7 Å². The number of aryl methyl sites for hydroxylation is 1. The van der Waals surface area contributed by atoms with Gasteiger partial charge in [-0.05, 0) is 47.1 Å². The van der Waals surface area contributed by atoms with Gasteiger partial charge in [-0.3, -0.25) is 4.79 Å². The lowest BCUT2D eigenvalue weighted by atomic mass is 10.2. The Bertz CT molecular complexity index is 607. The van der Waals surface area contributed by atoms with Crippen LogP contribution in [-0.4, -0.2) is 17.9 Å². The van der Waals surface area contributed by atoms with E-state index in [1.165, 1.54) is 0 Å². The fraction of sp³-hybridized carbons (Fsp3) is 0.214. The third-order valence-corrected chi connectivity index (χ3v) is 3.68. The maximum atomic E-state index is 12.3. The van der Waals surface area contributed by atoms with E-state index in [2.05, 4.69) is 15.9 Å². The zero-order chi connectivity index (χ0) is 14.0. The van der Waals surface area contributed by atoms with Gasteiger partial charge in [0.2, 0.25) is 0 Å². The number of rotatable bonds is 3. The van der Waals surface area contributed by atoms with E-state index in [1.807, 2.05) is 19.1 Å². The Hall–Kier alpha value is -1.75. The molecule has 2 rings (SSSR count). The Labute approximate surface area is 120 Å². The van der Waals surface area contributed by atoms with E-state index in [4.69, 9.17) is 10.2 Å². The van der Waals surface area contributed by atoms with Crippen molar-refractivity contribution in [1.29, 1.82) is 0 Å². The summed E-state index contributed by atoms with van der Waals surface area (Å²) in [5.74, 6) is 1.49. The van der Waals surface area contributed by atoms with Crippen LogP contribution in [0.1, 0.15) is 21.9 Å². The van der Waals surface area contributed by atoms with Crippen LogP contribution in [0.3, 0.4) is 0 Å². The molecule has 1 amide bonds. The zero-order valence-corrected chi connectivity index (χ0v) is 12.4. The second-order valence-corrected chi connectivity index (χ2v) is 5.18. The fourth-order valence-corrected chi connectivity index (χ4v) is 2.23. The predicted molar refractivity (Wildman–Crippen MR) is 77.8 cm³/mol. The van der Waals surface area contributed by atoms with E-state index < -0.39 is 0 Å². The molecule has 1 heterocycles. The van der Waals surface area contributed by atoms with Crippen LogP contribution in [0.2, 0.25) is 0 Å². The summed E-state index contributed by atoms with van der Waals surface area (Å²) in [6.07, 6.45) is 0. The monoisotopic (exact) mass is 322 g/mol. The number of carbonyl (C=O) groups excluding carboxylic acids is 1. The molecule has 5 heteroatoms. The third-order valence-electron chi connectivity index (χ3n) is 2.79. The lowest BCUT2D eigenvalue weighted by molar-refractivity contribution is 0.0774. The van der Waals surface area contributed by atoms with Gasteiger partial charge in [0.15, 0.2) is 0 Å². The van der Waals surface area contributed by atoms with Crippen molar-refractivity contribution in [2.24, 2.45) is 0 Å². The molecule has 0 saturated heterocycles. The van der Waals surface area contributed by atoms with Crippen molar-refractivity contribution >= 4 is 27.5 Å². The number of furan rings is 1. The topological polar surface area (TPSA) is 59.5 Å². The van der Waals surface area contributed by atoms with Crippen LogP contribution in [0, 0.1) is 6.92 Å². The van der Waals surface area contributed by atoms with E-state index in [-0.39, 0.29) is 5.91 Å². The van der Waals surface area contributed by atoms with Gasteiger partial charge in [0.05, 0.1) is 16.6 Å². The van der Waals surface area contributed by atoms with Gasteiger partial charge in [-0.1, -0.05) is 6.07 Å². The summed E-state index contributed by atoms with van der Waals surface area (Å²) in [7, 11) is 1.73. The minimum Gasteiger partial charge on any atom is -0.464 e. The third kappa shape index (κ3) is 2.98. The van der Waals surface area contributed by atoms with Crippen molar-refractivity contribution in [2.75, 3.05) is 12.8 Å². The summed E-state index contributed by atoms with van der Waals surface area (Å²) in [5.41, 5.74) is 6.87. The molecule has 100 valence electrons. The van der Waals surface area contributed by atoms with Gasteiger partial charge in [0.25, 0.3) is 5.91 Å². The maximum absolute atomic E-state index is 12.3. The number of carbonyl (C=O) groups is 1. The number of halogens is 1. The Morgan fingerprint density at radius 3 is 2.74 bits per heavy atom. The molecule has 0 aliphatic rings. The number of anilines is 1. The van der Waals surface area contributed by atoms with E-state index in [0.717, 1.165) is 11.5 Å². The molecule has 0 bridgehead atoms. The van der Waals surface area contributed by atoms with Gasteiger partial charge in [0.1, 0.15) is 11.5 Å². The molecule has 4 nitrogen and oxygen atoms in total. The molecule has 0 unspecified atom stereocenters. The average molecular weight is 323 g/mol. The largest absolute Gasteiger partial charge is 0.464 e. The van der Waals surface area contributed by atoms with Gasteiger partial charge in [-0.25, -0.2) is 0 Å². The Kier molecular flexibility index (Phi) is 3.95. The van der Waals surface area contributed by atoms with Gasteiger partial charge in [-0.2, -0.15) is 0 Å².